The molecule has 0 aliphatic heterocycles. The van der Waals surface area contributed by atoms with Gasteiger partial charge in [0.1, 0.15) is 11.5 Å². The third-order valence-corrected chi connectivity index (χ3v) is 4.89. The van der Waals surface area contributed by atoms with Crippen LogP contribution in [0.4, 0.5) is 11.4 Å². The second-order valence-electron chi connectivity index (χ2n) is 6.56. The maximum absolute atomic E-state index is 12.6. The zero-order valence-corrected chi connectivity index (χ0v) is 18.3. The van der Waals surface area contributed by atoms with Gasteiger partial charge in [0, 0.05) is 16.7 Å². The molecule has 3 rings (SSSR count). The van der Waals surface area contributed by atoms with E-state index in [-0.39, 0.29) is 16.8 Å². The Balaban J connectivity index is 1.73. The van der Waals surface area contributed by atoms with Gasteiger partial charge in [-0.05, 0) is 49.4 Å². The molecule has 160 valence electrons. The van der Waals surface area contributed by atoms with Gasteiger partial charge in [0.05, 0.1) is 23.5 Å². The van der Waals surface area contributed by atoms with Gasteiger partial charge in [-0.25, -0.2) is 0 Å². The number of carbonyl (C=O) groups excluding carboxylic acids is 2. The molecule has 2 N–H and O–H groups in total. The molecule has 0 unspecified atom stereocenters. The van der Waals surface area contributed by atoms with E-state index in [0.717, 1.165) is 0 Å². The van der Waals surface area contributed by atoms with E-state index in [1.807, 2.05) is 18.2 Å². The molecule has 0 aliphatic carbocycles. The predicted octanol–water partition coefficient (Wildman–Crippen LogP) is 5.66. The van der Waals surface area contributed by atoms with Gasteiger partial charge in [-0.15, -0.1) is 0 Å². The van der Waals surface area contributed by atoms with Gasteiger partial charge in [0.2, 0.25) is 0 Å². The standard InChI is InChI=1S/C23H20Cl2N2O4/c1-14(31-17-6-4-3-5-7-17)22(28)27-20-12-18(25)19(13-21(20)30-2)26-23(29)15-8-10-16(24)11-9-15/h3-14H,1-2H3,(H,26,29)(H,27,28)/t14-/m0/s1. The van der Waals surface area contributed by atoms with E-state index in [1.54, 1.807) is 43.3 Å². The maximum atomic E-state index is 12.6. The van der Waals surface area contributed by atoms with E-state index < -0.39 is 6.10 Å². The number of benzene rings is 3. The lowest BCUT2D eigenvalue weighted by molar-refractivity contribution is -0.122. The molecule has 31 heavy (non-hydrogen) atoms. The summed E-state index contributed by atoms with van der Waals surface area (Å²) >= 11 is 12.2. The van der Waals surface area contributed by atoms with Crippen LogP contribution in [0.1, 0.15) is 17.3 Å². The van der Waals surface area contributed by atoms with Crippen molar-refractivity contribution < 1.29 is 19.1 Å². The Morgan fingerprint density at radius 3 is 2.23 bits per heavy atom. The first-order chi connectivity index (χ1) is 14.9. The highest BCUT2D eigenvalue weighted by Crippen LogP contribution is 2.35. The Morgan fingerprint density at radius 2 is 1.58 bits per heavy atom. The van der Waals surface area contributed by atoms with Crippen LogP contribution < -0.4 is 20.1 Å². The number of nitrogens with one attached hydrogen (secondary N) is 2. The maximum Gasteiger partial charge on any atom is 0.265 e. The van der Waals surface area contributed by atoms with Gasteiger partial charge in [0.25, 0.3) is 11.8 Å². The summed E-state index contributed by atoms with van der Waals surface area (Å²) in [4.78, 5) is 25.0. The first-order valence-corrected chi connectivity index (χ1v) is 10.1. The van der Waals surface area contributed by atoms with Crippen molar-refractivity contribution in [1.82, 2.24) is 0 Å². The van der Waals surface area contributed by atoms with Crippen LogP contribution in [0.2, 0.25) is 10.0 Å². The summed E-state index contributed by atoms with van der Waals surface area (Å²) in [5.41, 5.74) is 1.11. The monoisotopic (exact) mass is 458 g/mol. The summed E-state index contributed by atoms with van der Waals surface area (Å²) < 4.78 is 11.0. The fourth-order valence-electron chi connectivity index (χ4n) is 2.70. The second-order valence-corrected chi connectivity index (χ2v) is 7.40. The normalized spacial score (nSPS) is 11.4. The fourth-order valence-corrected chi connectivity index (χ4v) is 3.04. The van der Waals surface area contributed by atoms with Crippen molar-refractivity contribution in [2.75, 3.05) is 17.7 Å². The molecule has 0 spiro atoms. The first kappa shape index (κ1) is 22.5. The van der Waals surface area contributed by atoms with E-state index >= 15 is 0 Å². The molecule has 0 fully saturated rings. The van der Waals surface area contributed by atoms with Crippen molar-refractivity contribution in [2.24, 2.45) is 0 Å². The minimum absolute atomic E-state index is 0.232. The van der Waals surface area contributed by atoms with Gasteiger partial charge in [-0.3, -0.25) is 9.59 Å². The molecule has 0 saturated heterocycles. The number of amides is 2. The van der Waals surface area contributed by atoms with Crippen LogP contribution in [0.3, 0.4) is 0 Å². The summed E-state index contributed by atoms with van der Waals surface area (Å²) in [6.07, 6.45) is -0.754. The van der Waals surface area contributed by atoms with Crippen LogP contribution in [0, 0.1) is 0 Å². The molecule has 0 radical (unpaired) electrons. The molecular formula is C23H20Cl2N2O4. The first-order valence-electron chi connectivity index (χ1n) is 9.34. The summed E-state index contributed by atoms with van der Waals surface area (Å²) in [5, 5.41) is 6.23. The minimum Gasteiger partial charge on any atom is -0.494 e. The zero-order chi connectivity index (χ0) is 22.4. The van der Waals surface area contributed by atoms with Gasteiger partial charge >= 0.3 is 0 Å². The van der Waals surface area contributed by atoms with E-state index in [2.05, 4.69) is 10.6 Å². The molecule has 0 aromatic heterocycles. The third-order valence-electron chi connectivity index (χ3n) is 4.33. The summed E-state index contributed by atoms with van der Waals surface area (Å²) in [7, 11) is 1.45. The van der Waals surface area contributed by atoms with E-state index in [0.29, 0.717) is 33.5 Å². The summed E-state index contributed by atoms with van der Waals surface area (Å²) in [6, 6.07) is 18.5. The fraction of sp³-hybridized carbons (Fsp3) is 0.130. The Labute approximate surface area is 190 Å². The van der Waals surface area contributed by atoms with Crippen molar-refractivity contribution in [1.29, 1.82) is 0 Å². The minimum atomic E-state index is -0.754. The number of hydrogen-bond donors (Lipinski definition) is 2. The number of halogens is 2. The molecule has 0 heterocycles. The molecule has 3 aromatic rings. The lowest BCUT2D eigenvalue weighted by Crippen LogP contribution is -2.30. The van der Waals surface area contributed by atoms with Crippen molar-refractivity contribution in [3.63, 3.8) is 0 Å². The Hall–Kier alpha value is -3.22. The van der Waals surface area contributed by atoms with Crippen molar-refractivity contribution in [2.45, 2.75) is 13.0 Å². The van der Waals surface area contributed by atoms with Gasteiger partial charge in [0.15, 0.2) is 6.10 Å². The molecular weight excluding hydrogens is 439 g/mol. The highest BCUT2D eigenvalue weighted by molar-refractivity contribution is 6.34. The number of carbonyl (C=O) groups is 2. The lowest BCUT2D eigenvalue weighted by atomic mass is 10.2. The molecule has 0 bridgehead atoms. The Bertz CT molecular complexity index is 1070. The predicted molar refractivity (Wildman–Crippen MR) is 123 cm³/mol. The second kappa shape index (κ2) is 10.2. The van der Waals surface area contributed by atoms with Crippen molar-refractivity contribution >= 4 is 46.4 Å². The van der Waals surface area contributed by atoms with Crippen LogP contribution >= 0.6 is 23.2 Å². The molecule has 3 aromatic carbocycles. The SMILES string of the molecule is COc1cc(NC(=O)c2ccc(Cl)cc2)c(Cl)cc1NC(=O)[C@H](C)Oc1ccccc1. The molecule has 0 saturated carbocycles. The molecule has 1 atom stereocenters. The topological polar surface area (TPSA) is 76.7 Å². The van der Waals surface area contributed by atoms with Crippen LogP contribution in [-0.2, 0) is 4.79 Å². The summed E-state index contributed by atoms with van der Waals surface area (Å²) in [5.74, 6) is 0.171. The Morgan fingerprint density at radius 1 is 0.903 bits per heavy atom. The highest BCUT2D eigenvalue weighted by atomic mass is 35.5. The van der Waals surface area contributed by atoms with Crippen LogP contribution in [0.15, 0.2) is 66.7 Å². The number of hydrogen-bond acceptors (Lipinski definition) is 4. The number of anilines is 2. The average Bonchev–Trinajstić information content (AvgIpc) is 2.76. The third kappa shape index (κ3) is 5.90. The lowest BCUT2D eigenvalue weighted by Gasteiger charge is -2.17. The van der Waals surface area contributed by atoms with E-state index in [1.165, 1.54) is 19.2 Å². The number of ether oxygens (including phenoxy) is 2. The van der Waals surface area contributed by atoms with Crippen LogP contribution in [0.25, 0.3) is 0 Å². The van der Waals surface area contributed by atoms with Gasteiger partial charge in [-0.1, -0.05) is 41.4 Å². The zero-order valence-electron chi connectivity index (χ0n) is 16.8. The Kier molecular flexibility index (Phi) is 7.39. The van der Waals surface area contributed by atoms with Crippen LogP contribution in [0.5, 0.6) is 11.5 Å². The summed E-state index contributed by atoms with van der Waals surface area (Å²) in [6.45, 7) is 1.64. The van der Waals surface area contributed by atoms with Gasteiger partial charge in [-0.2, -0.15) is 0 Å². The molecule has 2 amide bonds. The average molecular weight is 459 g/mol. The largest absolute Gasteiger partial charge is 0.494 e. The number of rotatable bonds is 7. The smallest absolute Gasteiger partial charge is 0.265 e. The van der Waals surface area contributed by atoms with Crippen LogP contribution in [-0.4, -0.2) is 25.0 Å². The van der Waals surface area contributed by atoms with Gasteiger partial charge < -0.3 is 20.1 Å². The number of methoxy groups -OCH3 is 1. The molecule has 0 aliphatic rings. The van der Waals surface area contributed by atoms with E-state index in [9.17, 15) is 9.59 Å². The molecule has 8 heteroatoms. The van der Waals surface area contributed by atoms with Crippen molar-refractivity contribution in [3.05, 3.63) is 82.3 Å². The number of para-hydroxylation sites is 1. The van der Waals surface area contributed by atoms with Crippen molar-refractivity contribution in [3.8, 4) is 11.5 Å². The molecule has 6 nitrogen and oxygen atoms in total. The quantitative estimate of drug-likeness (QED) is 0.478. The van der Waals surface area contributed by atoms with E-state index in [4.69, 9.17) is 32.7 Å². The highest BCUT2D eigenvalue weighted by Gasteiger charge is 2.19.